The highest BCUT2D eigenvalue weighted by Gasteiger charge is 2.13. The van der Waals surface area contributed by atoms with Crippen LogP contribution in [0.3, 0.4) is 0 Å². The third-order valence-electron chi connectivity index (χ3n) is 3.44. The van der Waals surface area contributed by atoms with E-state index in [9.17, 15) is 0 Å². The lowest BCUT2D eigenvalue weighted by molar-refractivity contribution is 0.357. The Hall–Kier alpha value is -1.47. The van der Waals surface area contributed by atoms with Crippen molar-refractivity contribution in [2.24, 2.45) is 0 Å². The number of aryl methyl sites for hydroxylation is 1. The van der Waals surface area contributed by atoms with Crippen LogP contribution in [0.15, 0.2) is 36.4 Å². The molecule has 1 nitrogen and oxygen atoms in total. The van der Waals surface area contributed by atoms with Gasteiger partial charge in [-0.15, -0.1) is 0 Å². The van der Waals surface area contributed by atoms with Gasteiger partial charge in [0.25, 0.3) is 0 Å². The van der Waals surface area contributed by atoms with Gasteiger partial charge in [-0.2, -0.15) is 0 Å². The topological polar surface area (TPSA) is 9.23 Å². The van der Waals surface area contributed by atoms with E-state index in [0.29, 0.717) is 0 Å². The average molecular weight is 259 g/mol. The van der Waals surface area contributed by atoms with Gasteiger partial charge in [0.1, 0.15) is 5.75 Å². The average Bonchev–Trinajstić information content (AvgIpc) is 2.85. The van der Waals surface area contributed by atoms with Gasteiger partial charge in [0.2, 0.25) is 0 Å². The smallest absolute Gasteiger partial charge is 0.122 e. The van der Waals surface area contributed by atoms with Gasteiger partial charge in [-0.05, 0) is 41.3 Å². The van der Waals surface area contributed by atoms with E-state index in [2.05, 4.69) is 37.3 Å². The number of ether oxygens (including phenoxy) is 1. The van der Waals surface area contributed by atoms with Crippen LogP contribution in [0.2, 0.25) is 5.02 Å². The summed E-state index contributed by atoms with van der Waals surface area (Å²) in [6, 6.07) is 12.6. The summed E-state index contributed by atoms with van der Waals surface area (Å²) in [5.41, 5.74) is 4.83. The van der Waals surface area contributed by atoms with Crippen molar-refractivity contribution in [2.45, 2.75) is 19.8 Å². The number of hydrogen-bond donors (Lipinski definition) is 0. The maximum Gasteiger partial charge on any atom is 0.122 e. The Kier molecular flexibility index (Phi) is 3.00. The first-order valence-corrected chi connectivity index (χ1v) is 6.70. The molecule has 92 valence electrons. The lowest BCUT2D eigenvalue weighted by atomic mass is 10.00. The molecule has 18 heavy (non-hydrogen) atoms. The van der Waals surface area contributed by atoms with Crippen molar-refractivity contribution < 1.29 is 4.74 Å². The third kappa shape index (κ3) is 1.99. The summed E-state index contributed by atoms with van der Waals surface area (Å²) in [6.07, 6.45) is 2.01. The van der Waals surface area contributed by atoms with E-state index in [4.69, 9.17) is 16.3 Å². The minimum absolute atomic E-state index is 0.793. The number of fused-ring (bicyclic) bond motifs is 1. The van der Waals surface area contributed by atoms with E-state index >= 15 is 0 Å². The molecule has 0 radical (unpaired) electrons. The van der Waals surface area contributed by atoms with Gasteiger partial charge in [0, 0.05) is 17.0 Å². The van der Waals surface area contributed by atoms with E-state index in [1.54, 1.807) is 0 Å². The highest BCUT2D eigenvalue weighted by atomic mass is 35.5. The van der Waals surface area contributed by atoms with E-state index in [-0.39, 0.29) is 0 Å². The first-order chi connectivity index (χ1) is 8.78. The van der Waals surface area contributed by atoms with E-state index < -0.39 is 0 Å². The van der Waals surface area contributed by atoms with Crippen molar-refractivity contribution >= 4 is 11.6 Å². The Morgan fingerprint density at radius 2 is 2.06 bits per heavy atom. The second-order valence-electron chi connectivity index (χ2n) is 4.59. The van der Waals surface area contributed by atoms with Crippen LogP contribution in [0.1, 0.15) is 18.1 Å². The predicted octanol–water partition coefficient (Wildman–Crippen LogP) is 4.50. The van der Waals surface area contributed by atoms with Crippen LogP contribution in [-0.4, -0.2) is 6.61 Å². The zero-order valence-electron chi connectivity index (χ0n) is 10.4. The molecule has 1 aliphatic heterocycles. The zero-order chi connectivity index (χ0) is 12.5. The second-order valence-corrected chi connectivity index (χ2v) is 5.00. The van der Waals surface area contributed by atoms with E-state index in [0.717, 1.165) is 35.8 Å². The van der Waals surface area contributed by atoms with Gasteiger partial charge in [-0.3, -0.25) is 0 Å². The van der Waals surface area contributed by atoms with Crippen molar-refractivity contribution in [2.75, 3.05) is 6.61 Å². The van der Waals surface area contributed by atoms with E-state index in [1.165, 1.54) is 16.7 Å². The normalized spacial score (nSPS) is 13.2. The van der Waals surface area contributed by atoms with Crippen molar-refractivity contribution in [3.63, 3.8) is 0 Å². The fourth-order valence-electron chi connectivity index (χ4n) is 2.37. The van der Waals surface area contributed by atoms with Gasteiger partial charge in [0.15, 0.2) is 0 Å². The summed E-state index contributed by atoms with van der Waals surface area (Å²) in [6.45, 7) is 2.93. The summed E-state index contributed by atoms with van der Waals surface area (Å²) in [4.78, 5) is 0. The number of hydrogen-bond acceptors (Lipinski definition) is 1. The molecule has 0 atom stereocenters. The molecule has 2 aromatic rings. The molecule has 0 aliphatic carbocycles. The highest BCUT2D eigenvalue weighted by Crippen LogP contribution is 2.34. The molecule has 0 spiro atoms. The summed E-state index contributed by atoms with van der Waals surface area (Å²) in [5, 5.41) is 0.827. The van der Waals surface area contributed by atoms with Crippen molar-refractivity contribution in [3.8, 4) is 16.9 Å². The SMILES string of the molecule is CCc1ccc(-c2ccc3c(c2)CCO3)c(Cl)c1. The summed E-state index contributed by atoms with van der Waals surface area (Å²) < 4.78 is 5.52. The monoisotopic (exact) mass is 258 g/mol. The van der Waals surface area contributed by atoms with Gasteiger partial charge in [-0.1, -0.05) is 36.7 Å². The molecular formula is C16H15ClO. The largest absolute Gasteiger partial charge is 0.493 e. The minimum Gasteiger partial charge on any atom is -0.493 e. The Bertz CT molecular complexity index is 590. The first kappa shape index (κ1) is 11.6. The number of benzene rings is 2. The molecule has 0 aromatic heterocycles. The van der Waals surface area contributed by atoms with Crippen LogP contribution < -0.4 is 4.74 Å². The molecule has 0 bridgehead atoms. The maximum atomic E-state index is 6.36. The van der Waals surface area contributed by atoms with Crippen LogP contribution in [-0.2, 0) is 12.8 Å². The first-order valence-electron chi connectivity index (χ1n) is 6.32. The van der Waals surface area contributed by atoms with Gasteiger partial charge in [-0.25, -0.2) is 0 Å². The Labute approximate surface area is 112 Å². The minimum atomic E-state index is 0.793. The predicted molar refractivity (Wildman–Crippen MR) is 75.5 cm³/mol. The molecule has 2 heteroatoms. The maximum absolute atomic E-state index is 6.36. The van der Waals surface area contributed by atoms with E-state index in [1.807, 2.05) is 6.07 Å². The Morgan fingerprint density at radius 1 is 1.17 bits per heavy atom. The number of halogens is 1. The van der Waals surface area contributed by atoms with Crippen LogP contribution in [0.5, 0.6) is 5.75 Å². The molecule has 1 aliphatic rings. The standard InChI is InChI=1S/C16H15ClO/c1-2-11-3-5-14(15(17)9-11)12-4-6-16-13(10-12)7-8-18-16/h3-6,9-10H,2,7-8H2,1H3. The molecule has 0 N–H and O–H groups in total. The van der Waals surface area contributed by atoms with Gasteiger partial charge >= 0.3 is 0 Å². The Balaban J connectivity index is 2.04. The van der Waals surface area contributed by atoms with Crippen LogP contribution in [0.4, 0.5) is 0 Å². The second kappa shape index (κ2) is 4.66. The van der Waals surface area contributed by atoms with Gasteiger partial charge < -0.3 is 4.74 Å². The molecule has 2 aromatic carbocycles. The fraction of sp³-hybridized carbons (Fsp3) is 0.250. The van der Waals surface area contributed by atoms with Crippen molar-refractivity contribution in [1.82, 2.24) is 0 Å². The van der Waals surface area contributed by atoms with Crippen LogP contribution >= 0.6 is 11.6 Å². The molecular weight excluding hydrogens is 244 g/mol. The summed E-state index contributed by atoms with van der Waals surface area (Å²) in [5.74, 6) is 1.01. The van der Waals surface area contributed by atoms with Crippen LogP contribution in [0, 0.1) is 0 Å². The molecule has 1 heterocycles. The Morgan fingerprint density at radius 3 is 2.83 bits per heavy atom. The van der Waals surface area contributed by atoms with Gasteiger partial charge in [0.05, 0.1) is 6.61 Å². The molecule has 0 saturated heterocycles. The molecule has 0 fully saturated rings. The third-order valence-corrected chi connectivity index (χ3v) is 3.75. The lowest BCUT2D eigenvalue weighted by Gasteiger charge is -2.08. The summed E-state index contributed by atoms with van der Waals surface area (Å²) in [7, 11) is 0. The lowest BCUT2D eigenvalue weighted by Crippen LogP contribution is -1.85. The van der Waals surface area contributed by atoms with Crippen LogP contribution in [0.25, 0.3) is 11.1 Å². The fourth-order valence-corrected chi connectivity index (χ4v) is 2.68. The molecule has 3 rings (SSSR count). The number of rotatable bonds is 2. The quantitative estimate of drug-likeness (QED) is 0.770. The molecule has 0 amide bonds. The zero-order valence-corrected chi connectivity index (χ0v) is 11.1. The molecule has 0 unspecified atom stereocenters. The van der Waals surface area contributed by atoms with Crippen molar-refractivity contribution in [1.29, 1.82) is 0 Å². The highest BCUT2D eigenvalue weighted by molar-refractivity contribution is 6.33. The summed E-state index contributed by atoms with van der Waals surface area (Å²) >= 11 is 6.36. The molecule has 0 saturated carbocycles. The van der Waals surface area contributed by atoms with Crippen molar-refractivity contribution in [3.05, 3.63) is 52.5 Å².